The number of amides is 3. The second-order valence-corrected chi connectivity index (χ2v) is 11.7. The van der Waals surface area contributed by atoms with E-state index in [1.54, 1.807) is 24.0 Å². The Kier molecular flexibility index (Phi) is 9.56. The lowest BCUT2D eigenvalue weighted by molar-refractivity contribution is -0.0185. The van der Waals surface area contributed by atoms with Gasteiger partial charge in [0, 0.05) is 56.1 Å². The molecule has 1 aromatic heterocycles. The van der Waals surface area contributed by atoms with Gasteiger partial charge in [0.15, 0.2) is 0 Å². The molecule has 3 aromatic carbocycles. The Balaban J connectivity index is 1.46. The molecular formula is C35H42N4O5. The van der Waals surface area contributed by atoms with E-state index in [-0.39, 0.29) is 30.6 Å². The fourth-order valence-electron chi connectivity index (χ4n) is 5.93. The van der Waals surface area contributed by atoms with Crippen LogP contribution in [0.25, 0.3) is 22.0 Å². The van der Waals surface area contributed by atoms with Crippen molar-refractivity contribution in [2.75, 3.05) is 33.9 Å². The normalized spacial score (nSPS) is 17.8. The number of fused-ring (bicyclic) bond motifs is 5. The summed E-state index contributed by atoms with van der Waals surface area (Å²) in [5.74, 6) is 0.470. The molecule has 9 heteroatoms. The summed E-state index contributed by atoms with van der Waals surface area (Å²) < 4.78 is 13.8. The van der Waals surface area contributed by atoms with Gasteiger partial charge in [-0.25, -0.2) is 4.79 Å². The molecule has 0 unspecified atom stereocenters. The number of aliphatic hydroxyl groups is 1. The molecule has 0 radical (unpaired) electrons. The van der Waals surface area contributed by atoms with Crippen molar-refractivity contribution in [3.8, 4) is 16.9 Å². The molecule has 0 spiro atoms. The maximum atomic E-state index is 14.5. The third-order valence-electron chi connectivity index (χ3n) is 8.63. The van der Waals surface area contributed by atoms with Crippen molar-refractivity contribution in [1.82, 2.24) is 19.7 Å². The molecule has 0 fully saturated rings. The minimum Gasteiger partial charge on any atom is -0.497 e. The number of methoxy groups -OCH3 is 1. The number of aromatic nitrogens is 1. The fraction of sp³-hybridized carbons (Fsp3) is 0.371. The first-order valence-corrected chi connectivity index (χ1v) is 15.0. The van der Waals surface area contributed by atoms with Crippen molar-refractivity contribution >= 4 is 22.8 Å². The first kappa shape index (κ1) is 31.1. The Morgan fingerprint density at radius 1 is 1.11 bits per heavy atom. The van der Waals surface area contributed by atoms with E-state index in [0.29, 0.717) is 31.9 Å². The standard InChI is InChI=1S/C35H42N4O5/c1-23-19-39(24(2)21-40)34(41)33-32(29-12-8-9-13-30(29)38(33)4)28-11-7-6-10-26(28)22-44-31(23)20-37(3)35(42)36-18-25-14-16-27(43-5)17-15-25/h6-17,23-24,31,40H,18-22H2,1-5H3,(H,36,42)/t23-,24-,31-/m0/s1. The van der Waals surface area contributed by atoms with Crippen LogP contribution in [0.1, 0.15) is 35.5 Å². The molecule has 0 aliphatic carbocycles. The van der Waals surface area contributed by atoms with Gasteiger partial charge in [-0.15, -0.1) is 0 Å². The molecule has 0 saturated carbocycles. The molecule has 2 N–H and O–H groups in total. The molecule has 0 saturated heterocycles. The Hall–Kier alpha value is -4.34. The lowest BCUT2D eigenvalue weighted by Gasteiger charge is -2.35. The Bertz CT molecular complexity index is 1620. The van der Waals surface area contributed by atoms with Gasteiger partial charge in [-0.3, -0.25) is 4.79 Å². The van der Waals surface area contributed by atoms with Gasteiger partial charge in [0.05, 0.1) is 32.5 Å². The number of ether oxygens (including phenoxy) is 2. The molecule has 3 amide bonds. The van der Waals surface area contributed by atoms with E-state index in [9.17, 15) is 14.7 Å². The molecule has 44 heavy (non-hydrogen) atoms. The maximum absolute atomic E-state index is 14.5. The van der Waals surface area contributed by atoms with E-state index in [0.717, 1.165) is 38.9 Å². The number of aryl methyl sites for hydroxylation is 1. The first-order chi connectivity index (χ1) is 21.2. The molecule has 1 aliphatic rings. The minimum atomic E-state index is -0.419. The van der Waals surface area contributed by atoms with Crippen LogP contribution >= 0.6 is 0 Å². The van der Waals surface area contributed by atoms with Crippen molar-refractivity contribution in [3.63, 3.8) is 0 Å². The van der Waals surface area contributed by atoms with Crippen molar-refractivity contribution in [1.29, 1.82) is 0 Å². The van der Waals surface area contributed by atoms with Crippen LogP contribution in [0.5, 0.6) is 5.75 Å². The summed E-state index contributed by atoms with van der Waals surface area (Å²) in [6.07, 6.45) is -0.376. The number of para-hydroxylation sites is 1. The summed E-state index contributed by atoms with van der Waals surface area (Å²) in [5, 5.41) is 14.2. The lowest BCUT2D eigenvalue weighted by Crippen LogP contribution is -2.49. The Morgan fingerprint density at radius 3 is 2.55 bits per heavy atom. The first-order valence-electron chi connectivity index (χ1n) is 15.0. The smallest absolute Gasteiger partial charge is 0.317 e. The third-order valence-corrected chi connectivity index (χ3v) is 8.63. The van der Waals surface area contributed by atoms with Gasteiger partial charge in [0.2, 0.25) is 0 Å². The van der Waals surface area contributed by atoms with E-state index in [1.165, 1.54) is 0 Å². The predicted molar refractivity (Wildman–Crippen MR) is 172 cm³/mol. The van der Waals surface area contributed by atoms with Gasteiger partial charge in [-0.05, 0) is 41.8 Å². The molecule has 232 valence electrons. The molecule has 2 heterocycles. The number of urea groups is 1. The molecule has 3 atom stereocenters. The summed E-state index contributed by atoms with van der Waals surface area (Å²) in [6.45, 7) is 5.09. The topological polar surface area (TPSA) is 96.3 Å². The highest BCUT2D eigenvalue weighted by atomic mass is 16.5. The number of hydrogen-bond acceptors (Lipinski definition) is 5. The number of carbonyl (C=O) groups is 2. The minimum absolute atomic E-state index is 0.145. The summed E-state index contributed by atoms with van der Waals surface area (Å²) in [6, 6.07) is 23.0. The van der Waals surface area contributed by atoms with Crippen LogP contribution in [0.2, 0.25) is 0 Å². The number of hydrogen-bond donors (Lipinski definition) is 2. The highest BCUT2D eigenvalue weighted by molar-refractivity contribution is 6.10. The highest BCUT2D eigenvalue weighted by Gasteiger charge is 2.34. The number of benzene rings is 3. The van der Waals surface area contributed by atoms with Crippen LogP contribution in [0.3, 0.4) is 0 Å². The zero-order valence-electron chi connectivity index (χ0n) is 26.1. The van der Waals surface area contributed by atoms with E-state index in [4.69, 9.17) is 9.47 Å². The van der Waals surface area contributed by atoms with E-state index >= 15 is 0 Å². The van der Waals surface area contributed by atoms with Gasteiger partial charge in [-0.2, -0.15) is 0 Å². The lowest BCUT2D eigenvalue weighted by atomic mass is 9.96. The van der Waals surface area contributed by atoms with Gasteiger partial charge in [-0.1, -0.05) is 61.5 Å². The summed E-state index contributed by atoms with van der Waals surface area (Å²) in [7, 11) is 5.29. The third kappa shape index (κ3) is 6.30. The van der Waals surface area contributed by atoms with Gasteiger partial charge in [0.25, 0.3) is 5.91 Å². The van der Waals surface area contributed by atoms with Crippen LogP contribution in [0.15, 0.2) is 72.8 Å². The zero-order valence-corrected chi connectivity index (χ0v) is 26.1. The molecule has 5 rings (SSSR count). The number of nitrogens with one attached hydrogen (secondary N) is 1. The summed E-state index contributed by atoms with van der Waals surface area (Å²) >= 11 is 0. The number of rotatable bonds is 7. The quantitative estimate of drug-likeness (QED) is 0.310. The van der Waals surface area contributed by atoms with Crippen molar-refractivity contribution in [2.24, 2.45) is 13.0 Å². The summed E-state index contributed by atoms with van der Waals surface area (Å²) in [5.41, 5.74) is 5.27. The number of nitrogens with zero attached hydrogens (tertiary/aromatic N) is 3. The van der Waals surface area contributed by atoms with Crippen molar-refractivity contribution < 1.29 is 24.2 Å². The number of aliphatic hydroxyl groups excluding tert-OH is 1. The second-order valence-electron chi connectivity index (χ2n) is 11.7. The van der Waals surface area contributed by atoms with E-state index < -0.39 is 6.04 Å². The monoisotopic (exact) mass is 598 g/mol. The average molecular weight is 599 g/mol. The average Bonchev–Trinajstić information content (AvgIpc) is 3.34. The van der Waals surface area contributed by atoms with Crippen LogP contribution in [-0.4, -0.2) is 77.4 Å². The predicted octanol–water partition coefficient (Wildman–Crippen LogP) is 5.05. The largest absolute Gasteiger partial charge is 0.497 e. The molecule has 1 aliphatic heterocycles. The molecule has 0 bridgehead atoms. The zero-order chi connectivity index (χ0) is 31.4. The molecule has 9 nitrogen and oxygen atoms in total. The second kappa shape index (κ2) is 13.5. The van der Waals surface area contributed by atoms with Crippen LogP contribution in [0, 0.1) is 5.92 Å². The van der Waals surface area contributed by atoms with Gasteiger partial charge in [0.1, 0.15) is 11.4 Å². The van der Waals surface area contributed by atoms with Crippen LogP contribution < -0.4 is 10.1 Å². The van der Waals surface area contributed by atoms with Crippen molar-refractivity contribution in [2.45, 2.75) is 39.1 Å². The Labute approximate surface area is 259 Å². The fourth-order valence-corrected chi connectivity index (χ4v) is 5.93. The van der Waals surface area contributed by atoms with Crippen molar-refractivity contribution in [3.05, 3.63) is 89.6 Å². The number of likely N-dealkylation sites (N-methyl/N-ethyl adjacent to an activating group) is 1. The summed E-state index contributed by atoms with van der Waals surface area (Å²) in [4.78, 5) is 31.0. The number of carbonyl (C=O) groups excluding carboxylic acids is 2. The Morgan fingerprint density at radius 2 is 1.82 bits per heavy atom. The van der Waals surface area contributed by atoms with E-state index in [1.807, 2.05) is 98.3 Å². The van der Waals surface area contributed by atoms with Crippen LogP contribution in [0.4, 0.5) is 4.79 Å². The molecule has 4 aromatic rings. The van der Waals surface area contributed by atoms with Crippen LogP contribution in [-0.2, 0) is 24.9 Å². The van der Waals surface area contributed by atoms with Gasteiger partial charge < -0.3 is 34.3 Å². The molecular weight excluding hydrogens is 556 g/mol. The maximum Gasteiger partial charge on any atom is 0.317 e. The van der Waals surface area contributed by atoms with E-state index in [2.05, 4.69) is 5.32 Å². The van der Waals surface area contributed by atoms with Gasteiger partial charge >= 0.3 is 6.03 Å². The SMILES string of the molecule is COc1ccc(CNC(=O)N(C)C[C@@H]2OCc3ccccc3-c3c(n(C)c4ccccc34)C(=O)N([C@@H](C)CO)C[C@@H]2C)cc1. The highest BCUT2D eigenvalue weighted by Crippen LogP contribution is 2.38.